The van der Waals surface area contributed by atoms with Gasteiger partial charge in [0.05, 0.1) is 12.5 Å². The summed E-state index contributed by atoms with van der Waals surface area (Å²) in [5.74, 6) is 0.101. The minimum Gasteiger partial charge on any atom is -0.493 e. The van der Waals surface area contributed by atoms with Crippen LogP contribution in [0.5, 0.6) is 5.75 Å². The van der Waals surface area contributed by atoms with Crippen molar-refractivity contribution in [1.29, 1.82) is 0 Å². The Morgan fingerprint density at radius 1 is 1.25 bits per heavy atom. The van der Waals surface area contributed by atoms with Gasteiger partial charge in [-0.3, -0.25) is 4.79 Å². The molecule has 0 amide bonds. The van der Waals surface area contributed by atoms with E-state index in [0.717, 1.165) is 16.9 Å². The van der Waals surface area contributed by atoms with Gasteiger partial charge in [-0.2, -0.15) is 0 Å². The number of carbonyl (C=O) groups is 1. The zero-order valence-electron chi connectivity index (χ0n) is 11.2. The third-order valence-electron chi connectivity index (χ3n) is 3.74. The first-order valence-corrected chi connectivity index (χ1v) is 6.69. The Morgan fingerprint density at radius 2 is 2.05 bits per heavy atom. The average Bonchev–Trinajstić information content (AvgIpc) is 2.48. The van der Waals surface area contributed by atoms with Crippen LogP contribution in [-0.2, 0) is 0 Å². The Bertz CT molecular complexity index is 664. The maximum absolute atomic E-state index is 13.4. The highest BCUT2D eigenvalue weighted by atomic mass is 19.1. The van der Waals surface area contributed by atoms with Gasteiger partial charge in [0, 0.05) is 11.1 Å². The maximum atomic E-state index is 13.4. The largest absolute Gasteiger partial charge is 0.493 e. The van der Waals surface area contributed by atoms with Crippen LogP contribution in [0.15, 0.2) is 42.5 Å². The van der Waals surface area contributed by atoms with Gasteiger partial charge in [0.2, 0.25) is 0 Å². The highest BCUT2D eigenvalue weighted by molar-refractivity contribution is 6.02. The first-order valence-electron chi connectivity index (χ1n) is 6.69. The van der Waals surface area contributed by atoms with E-state index in [1.165, 1.54) is 12.1 Å². The minimum absolute atomic E-state index is 0.0299. The number of ketones is 1. The quantitative estimate of drug-likeness (QED) is 0.774. The van der Waals surface area contributed by atoms with Gasteiger partial charge < -0.3 is 4.74 Å². The highest BCUT2D eigenvalue weighted by Crippen LogP contribution is 2.36. The number of para-hydroxylation sites is 1. The molecule has 2 nitrogen and oxygen atoms in total. The number of hydrogen-bond donors (Lipinski definition) is 0. The van der Waals surface area contributed by atoms with Crippen LogP contribution in [0, 0.1) is 12.7 Å². The molecule has 0 saturated heterocycles. The molecular weight excluding hydrogens is 255 g/mol. The van der Waals surface area contributed by atoms with Gasteiger partial charge in [-0.25, -0.2) is 4.39 Å². The van der Waals surface area contributed by atoms with E-state index in [1.807, 2.05) is 31.2 Å². The highest BCUT2D eigenvalue weighted by Gasteiger charge is 2.29. The van der Waals surface area contributed by atoms with Crippen molar-refractivity contribution >= 4 is 5.78 Å². The lowest BCUT2D eigenvalue weighted by molar-refractivity contribution is 0.0932. The predicted octanol–water partition coefficient (Wildman–Crippen LogP) is 3.88. The number of rotatable bonds is 2. The van der Waals surface area contributed by atoms with Crippen molar-refractivity contribution < 1.29 is 13.9 Å². The van der Waals surface area contributed by atoms with Gasteiger partial charge in [0.1, 0.15) is 11.6 Å². The van der Waals surface area contributed by atoms with Gasteiger partial charge >= 0.3 is 0 Å². The summed E-state index contributed by atoms with van der Waals surface area (Å²) in [6.45, 7) is 2.35. The molecule has 1 atom stereocenters. The van der Waals surface area contributed by atoms with Gasteiger partial charge in [0.25, 0.3) is 0 Å². The van der Waals surface area contributed by atoms with Crippen LogP contribution in [0.4, 0.5) is 4.39 Å². The molecule has 2 aromatic carbocycles. The summed E-state index contributed by atoms with van der Waals surface area (Å²) in [5.41, 5.74) is 2.17. The lowest BCUT2D eigenvalue weighted by Crippen LogP contribution is -2.22. The monoisotopic (exact) mass is 270 g/mol. The third kappa shape index (κ3) is 2.20. The van der Waals surface area contributed by atoms with E-state index in [2.05, 4.69) is 0 Å². The molecule has 0 spiro atoms. The van der Waals surface area contributed by atoms with E-state index in [-0.39, 0.29) is 17.5 Å². The number of Topliss-reactive ketones (excluding diaryl/α,β-unsaturated/α-hetero) is 1. The summed E-state index contributed by atoms with van der Waals surface area (Å²) in [6, 6.07) is 11.9. The molecule has 0 bridgehead atoms. The molecule has 102 valence electrons. The van der Waals surface area contributed by atoms with Crippen LogP contribution < -0.4 is 4.74 Å². The molecule has 3 rings (SSSR count). The van der Waals surface area contributed by atoms with Crippen molar-refractivity contribution in [3.63, 3.8) is 0 Å². The van der Waals surface area contributed by atoms with E-state index in [0.29, 0.717) is 18.6 Å². The fourth-order valence-corrected chi connectivity index (χ4v) is 2.66. The zero-order valence-corrected chi connectivity index (χ0v) is 11.2. The first kappa shape index (κ1) is 12.9. The number of hydrogen-bond acceptors (Lipinski definition) is 2. The summed E-state index contributed by atoms with van der Waals surface area (Å²) in [4.78, 5) is 12.7. The number of fused-ring (bicyclic) bond motifs is 1. The number of halogens is 1. The zero-order chi connectivity index (χ0) is 14.1. The summed E-state index contributed by atoms with van der Waals surface area (Å²) < 4.78 is 19.0. The summed E-state index contributed by atoms with van der Waals surface area (Å²) in [5, 5.41) is 0. The predicted molar refractivity (Wildman–Crippen MR) is 74.8 cm³/mol. The van der Waals surface area contributed by atoms with Crippen LogP contribution in [0.2, 0.25) is 0 Å². The van der Waals surface area contributed by atoms with Crippen molar-refractivity contribution in [3.05, 3.63) is 65.0 Å². The summed E-state index contributed by atoms with van der Waals surface area (Å²) >= 11 is 0. The molecule has 1 aliphatic rings. The number of benzene rings is 2. The third-order valence-corrected chi connectivity index (χ3v) is 3.74. The fraction of sp³-hybridized carbons (Fsp3) is 0.235. The Hall–Kier alpha value is -2.16. The second kappa shape index (κ2) is 5.08. The minimum atomic E-state index is -0.376. The molecule has 3 heteroatoms. The first-order chi connectivity index (χ1) is 9.66. The molecule has 0 radical (unpaired) electrons. The van der Waals surface area contributed by atoms with Gasteiger partial charge in [-0.15, -0.1) is 0 Å². The topological polar surface area (TPSA) is 26.3 Å². The fourth-order valence-electron chi connectivity index (χ4n) is 2.66. The van der Waals surface area contributed by atoms with Gasteiger partial charge in [-0.1, -0.05) is 24.3 Å². The van der Waals surface area contributed by atoms with Crippen molar-refractivity contribution in [3.8, 4) is 5.75 Å². The molecule has 1 unspecified atom stereocenters. The van der Waals surface area contributed by atoms with Crippen molar-refractivity contribution in [2.45, 2.75) is 19.3 Å². The molecule has 2 aromatic rings. The molecule has 0 N–H and O–H groups in total. The Labute approximate surface area is 117 Å². The summed E-state index contributed by atoms with van der Waals surface area (Å²) in [6.07, 6.45) is 0.631. The smallest absolute Gasteiger partial charge is 0.170 e. The van der Waals surface area contributed by atoms with Crippen molar-refractivity contribution in [1.82, 2.24) is 0 Å². The normalized spacial score (nSPS) is 17.2. The molecule has 20 heavy (non-hydrogen) atoms. The van der Waals surface area contributed by atoms with Gasteiger partial charge in [0.15, 0.2) is 5.78 Å². The number of ether oxygens (including phenoxy) is 1. The van der Waals surface area contributed by atoms with Crippen LogP contribution in [0.1, 0.15) is 33.8 Å². The Morgan fingerprint density at radius 3 is 2.90 bits per heavy atom. The van der Waals surface area contributed by atoms with E-state index in [4.69, 9.17) is 4.74 Å². The molecule has 1 aliphatic heterocycles. The second-order valence-electron chi connectivity index (χ2n) is 5.05. The van der Waals surface area contributed by atoms with E-state index in [9.17, 15) is 9.18 Å². The second-order valence-corrected chi connectivity index (χ2v) is 5.05. The molecule has 0 fully saturated rings. The maximum Gasteiger partial charge on any atom is 0.170 e. The molecule has 0 aliphatic carbocycles. The number of aryl methyl sites for hydroxylation is 1. The SMILES string of the molecule is Cc1ccc(F)cc1C(=O)C1CCOc2ccccc21. The molecule has 0 saturated carbocycles. The lowest BCUT2D eigenvalue weighted by atomic mass is 9.85. The molecule has 1 heterocycles. The van der Waals surface area contributed by atoms with Crippen molar-refractivity contribution in [2.24, 2.45) is 0 Å². The summed E-state index contributed by atoms with van der Waals surface area (Å²) in [7, 11) is 0. The van der Waals surface area contributed by atoms with E-state index in [1.54, 1.807) is 6.07 Å². The van der Waals surface area contributed by atoms with Crippen LogP contribution in [0.25, 0.3) is 0 Å². The Balaban J connectivity index is 2.02. The molecule has 0 aromatic heterocycles. The lowest BCUT2D eigenvalue weighted by Gasteiger charge is -2.25. The van der Waals surface area contributed by atoms with E-state index >= 15 is 0 Å². The Kier molecular flexibility index (Phi) is 3.26. The standard InChI is InChI=1S/C17H15FO2/c1-11-6-7-12(18)10-15(11)17(19)14-8-9-20-16-5-3-2-4-13(14)16/h2-7,10,14H,8-9H2,1H3. The van der Waals surface area contributed by atoms with Crippen LogP contribution in [0.3, 0.4) is 0 Å². The van der Waals surface area contributed by atoms with Crippen LogP contribution in [-0.4, -0.2) is 12.4 Å². The number of carbonyl (C=O) groups excluding carboxylic acids is 1. The average molecular weight is 270 g/mol. The van der Waals surface area contributed by atoms with E-state index < -0.39 is 0 Å². The van der Waals surface area contributed by atoms with Crippen molar-refractivity contribution in [2.75, 3.05) is 6.61 Å². The van der Waals surface area contributed by atoms with Gasteiger partial charge in [-0.05, 0) is 37.1 Å². The molecular formula is C17H15FO2. The van der Waals surface area contributed by atoms with Crippen LogP contribution >= 0.6 is 0 Å².